The van der Waals surface area contributed by atoms with E-state index in [1.165, 1.54) is 11.3 Å². The van der Waals surface area contributed by atoms with Crippen LogP contribution in [0.5, 0.6) is 11.5 Å². The number of benzene rings is 2. The van der Waals surface area contributed by atoms with Gasteiger partial charge in [0.2, 0.25) is 0 Å². The average molecular weight is 483 g/mol. The molecule has 7 nitrogen and oxygen atoms in total. The zero-order valence-electron chi connectivity index (χ0n) is 18.5. The number of aromatic amines is 1. The molecule has 0 radical (unpaired) electrons. The third-order valence-electron chi connectivity index (χ3n) is 6.10. The Labute approximate surface area is 200 Å². The van der Waals surface area contributed by atoms with Crippen molar-refractivity contribution < 1.29 is 14.3 Å². The number of carbonyl (C=O) groups excluding carboxylic acids is 1. The Hall–Kier alpha value is -3.10. The van der Waals surface area contributed by atoms with E-state index in [-0.39, 0.29) is 17.9 Å². The van der Waals surface area contributed by atoms with Crippen LogP contribution in [-0.4, -0.2) is 46.5 Å². The van der Waals surface area contributed by atoms with Gasteiger partial charge in [-0.15, -0.1) is 11.3 Å². The molecule has 0 unspecified atom stereocenters. The number of fused-ring (bicyclic) bond motifs is 1. The van der Waals surface area contributed by atoms with Crippen LogP contribution in [0.2, 0.25) is 5.02 Å². The molecule has 170 valence electrons. The topological polar surface area (TPSA) is 80.3 Å². The summed E-state index contributed by atoms with van der Waals surface area (Å²) in [6, 6.07) is 11.0. The van der Waals surface area contributed by atoms with E-state index in [9.17, 15) is 4.79 Å². The Morgan fingerprint density at radius 1 is 1.21 bits per heavy atom. The van der Waals surface area contributed by atoms with Crippen molar-refractivity contribution in [1.82, 2.24) is 19.9 Å². The van der Waals surface area contributed by atoms with Gasteiger partial charge in [0.1, 0.15) is 11.5 Å². The highest BCUT2D eigenvalue weighted by atomic mass is 35.5. The fourth-order valence-corrected chi connectivity index (χ4v) is 5.43. The van der Waals surface area contributed by atoms with Gasteiger partial charge in [-0.2, -0.15) is 0 Å². The molecule has 0 aliphatic carbocycles. The Morgan fingerprint density at radius 3 is 2.76 bits per heavy atom. The number of nitrogens with zero attached hydrogens (tertiary/aromatic N) is 3. The summed E-state index contributed by atoms with van der Waals surface area (Å²) in [5.74, 6) is 2.13. The first-order valence-electron chi connectivity index (χ1n) is 10.6. The molecule has 1 N–H and O–H groups in total. The number of H-pyrrole nitrogens is 1. The number of amides is 1. The third kappa shape index (κ3) is 3.83. The van der Waals surface area contributed by atoms with Crippen LogP contribution in [0, 0.1) is 5.92 Å². The number of ether oxygens (including phenoxy) is 2. The van der Waals surface area contributed by atoms with E-state index >= 15 is 0 Å². The van der Waals surface area contributed by atoms with Gasteiger partial charge in [0, 0.05) is 23.7 Å². The largest absolute Gasteiger partial charge is 0.493 e. The Kier molecular flexibility index (Phi) is 5.72. The second kappa shape index (κ2) is 8.68. The fraction of sp³-hybridized carbons (Fsp3) is 0.292. The minimum Gasteiger partial charge on any atom is -0.493 e. The highest BCUT2D eigenvalue weighted by molar-refractivity contribution is 7.13. The molecule has 3 heterocycles. The van der Waals surface area contributed by atoms with Crippen LogP contribution >= 0.6 is 22.9 Å². The fourth-order valence-electron chi connectivity index (χ4n) is 4.46. The number of halogens is 1. The molecule has 1 aliphatic heterocycles. The Bertz CT molecular complexity index is 1290. The number of aromatic nitrogens is 3. The van der Waals surface area contributed by atoms with E-state index in [0.717, 1.165) is 33.7 Å². The molecule has 0 bridgehead atoms. The normalized spacial score (nSPS) is 18.1. The van der Waals surface area contributed by atoms with Crippen LogP contribution in [0.4, 0.5) is 0 Å². The van der Waals surface area contributed by atoms with Gasteiger partial charge in [-0.3, -0.25) is 4.79 Å². The second-order valence-corrected chi connectivity index (χ2v) is 9.39. The lowest BCUT2D eigenvalue weighted by atomic mass is 10.0. The van der Waals surface area contributed by atoms with Crippen LogP contribution in [0.1, 0.15) is 35.7 Å². The van der Waals surface area contributed by atoms with Crippen molar-refractivity contribution in [2.24, 2.45) is 5.92 Å². The van der Waals surface area contributed by atoms with Crippen LogP contribution < -0.4 is 9.47 Å². The van der Waals surface area contributed by atoms with Crippen LogP contribution in [0.3, 0.4) is 0 Å². The number of rotatable bonds is 5. The molecule has 9 heteroatoms. The molecule has 2 aromatic carbocycles. The number of nitrogens with one attached hydrogen (secondary N) is 1. The van der Waals surface area contributed by atoms with Gasteiger partial charge in [0.15, 0.2) is 11.5 Å². The molecule has 33 heavy (non-hydrogen) atoms. The summed E-state index contributed by atoms with van der Waals surface area (Å²) in [5, 5.41) is 0.625. The summed E-state index contributed by atoms with van der Waals surface area (Å²) >= 11 is 7.62. The van der Waals surface area contributed by atoms with Gasteiger partial charge in [0.25, 0.3) is 5.91 Å². The van der Waals surface area contributed by atoms with E-state index in [0.29, 0.717) is 28.8 Å². The molecule has 1 fully saturated rings. The molecule has 0 spiro atoms. The Morgan fingerprint density at radius 2 is 2.00 bits per heavy atom. The smallest absolute Gasteiger partial charge is 0.274 e. The molecule has 4 aromatic rings. The molecular formula is C24H23ClN4O3S. The third-order valence-corrected chi connectivity index (χ3v) is 7.21. The molecule has 2 aromatic heterocycles. The Balaban J connectivity index is 1.51. The standard InChI is InChI=1S/C24H23ClN4O3S/c1-13-7-8-29(24(30)20-22(33-12-26-20)14-5-4-6-15(25)9-14)21(13)23-27-16-10-18(31-2)19(32-3)11-17(16)28-23/h4-6,9-13,21H,7-8H2,1-3H3,(H,27,28)/t13-,21-/m0/s1. The summed E-state index contributed by atoms with van der Waals surface area (Å²) in [7, 11) is 3.20. The molecule has 1 aliphatic rings. The predicted molar refractivity (Wildman–Crippen MR) is 129 cm³/mol. The monoisotopic (exact) mass is 482 g/mol. The van der Waals surface area contributed by atoms with Crippen molar-refractivity contribution in [3.05, 3.63) is 58.4 Å². The minimum absolute atomic E-state index is 0.101. The number of hydrogen-bond donors (Lipinski definition) is 1. The molecule has 2 atom stereocenters. The van der Waals surface area contributed by atoms with Gasteiger partial charge in [0.05, 0.1) is 41.7 Å². The van der Waals surface area contributed by atoms with E-state index in [1.807, 2.05) is 41.3 Å². The lowest BCUT2D eigenvalue weighted by Crippen LogP contribution is -2.33. The summed E-state index contributed by atoms with van der Waals surface area (Å²) in [5.41, 5.74) is 4.64. The van der Waals surface area contributed by atoms with Gasteiger partial charge < -0.3 is 19.4 Å². The van der Waals surface area contributed by atoms with E-state index in [1.54, 1.807) is 19.7 Å². The van der Waals surface area contributed by atoms with Crippen LogP contribution in [-0.2, 0) is 0 Å². The molecule has 1 saturated heterocycles. The van der Waals surface area contributed by atoms with Gasteiger partial charge >= 0.3 is 0 Å². The quantitative estimate of drug-likeness (QED) is 0.401. The number of thiazole rings is 1. The predicted octanol–water partition coefficient (Wildman–Crippen LogP) is 5.58. The van der Waals surface area contributed by atoms with E-state index in [4.69, 9.17) is 26.1 Å². The summed E-state index contributed by atoms with van der Waals surface area (Å²) in [6.07, 6.45) is 0.886. The SMILES string of the molecule is COc1cc2nc([C@@H]3[C@@H](C)CCN3C(=O)c3ncsc3-c3cccc(Cl)c3)[nH]c2cc1OC. The van der Waals surface area contributed by atoms with Crippen LogP contribution in [0.15, 0.2) is 41.9 Å². The molecule has 0 saturated carbocycles. The first kappa shape index (κ1) is 21.7. The maximum Gasteiger partial charge on any atom is 0.274 e. The summed E-state index contributed by atoms with van der Waals surface area (Å²) < 4.78 is 10.8. The summed E-state index contributed by atoms with van der Waals surface area (Å²) in [4.78, 5) is 29.0. The lowest BCUT2D eigenvalue weighted by molar-refractivity contribution is 0.0710. The van der Waals surface area contributed by atoms with E-state index < -0.39 is 0 Å². The van der Waals surface area contributed by atoms with Crippen LogP contribution in [0.25, 0.3) is 21.5 Å². The van der Waals surface area contributed by atoms with E-state index in [2.05, 4.69) is 16.9 Å². The van der Waals surface area contributed by atoms with Gasteiger partial charge in [-0.25, -0.2) is 9.97 Å². The zero-order valence-corrected chi connectivity index (χ0v) is 20.0. The van der Waals surface area contributed by atoms with Crippen molar-refractivity contribution in [3.8, 4) is 21.9 Å². The second-order valence-electron chi connectivity index (χ2n) is 8.10. The molecule has 1 amide bonds. The lowest BCUT2D eigenvalue weighted by Gasteiger charge is -2.25. The van der Waals surface area contributed by atoms with Crippen molar-refractivity contribution in [2.45, 2.75) is 19.4 Å². The van der Waals surface area contributed by atoms with Gasteiger partial charge in [-0.1, -0.05) is 30.7 Å². The minimum atomic E-state index is -0.184. The molecular weight excluding hydrogens is 460 g/mol. The number of hydrogen-bond acceptors (Lipinski definition) is 6. The van der Waals surface area contributed by atoms with Crippen molar-refractivity contribution >= 4 is 39.9 Å². The number of likely N-dealkylation sites (tertiary alicyclic amines) is 1. The summed E-state index contributed by atoms with van der Waals surface area (Å²) in [6.45, 7) is 2.78. The number of imidazole rings is 1. The van der Waals surface area contributed by atoms with Crippen molar-refractivity contribution in [1.29, 1.82) is 0 Å². The first-order valence-corrected chi connectivity index (χ1v) is 11.9. The first-order chi connectivity index (χ1) is 16.0. The molecule has 5 rings (SSSR count). The van der Waals surface area contributed by atoms with Gasteiger partial charge in [-0.05, 0) is 30.0 Å². The maximum atomic E-state index is 13.7. The highest BCUT2D eigenvalue weighted by Crippen LogP contribution is 2.40. The van der Waals surface area contributed by atoms with Crippen molar-refractivity contribution in [2.75, 3.05) is 20.8 Å². The average Bonchev–Trinajstić information content (AvgIpc) is 3.55. The number of carbonyl (C=O) groups is 1. The maximum absolute atomic E-state index is 13.7. The number of methoxy groups -OCH3 is 2. The van der Waals surface area contributed by atoms with Crippen molar-refractivity contribution in [3.63, 3.8) is 0 Å². The highest BCUT2D eigenvalue weighted by Gasteiger charge is 2.39. The zero-order chi connectivity index (χ0) is 23.1.